The van der Waals surface area contributed by atoms with Crippen LogP contribution in [-0.4, -0.2) is 18.9 Å². The molecule has 23 heavy (non-hydrogen) atoms. The average Bonchev–Trinajstić information content (AvgIpc) is 2.56. The molecule has 0 bridgehead atoms. The summed E-state index contributed by atoms with van der Waals surface area (Å²) in [5.41, 5.74) is 1.84. The predicted octanol–water partition coefficient (Wildman–Crippen LogP) is 3.07. The third kappa shape index (κ3) is 4.16. The Kier molecular flexibility index (Phi) is 5.46. The van der Waals surface area contributed by atoms with Crippen LogP contribution < -0.4 is 10.6 Å². The van der Waals surface area contributed by atoms with Crippen LogP contribution in [0.3, 0.4) is 0 Å². The van der Waals surface area contributed by atoms with Crippen molar-refractivity contribution in [3.05, 3.63) is 65.0 Å². The lowest BCUT2D eigenvalue weighted by Crippen LogP contribution is -2.19. The van der Waals surface area contributed by atoms with Crippen LogP contribution in [0.25, 0.3) is 0 Å². The minimum Gasteiger partial charge on any atom is -0.359 e. The zero-order valence-electron chi connectivity index (χ0n) is 13.2. The largest absolute Gasteiger partial charge is 0.359 e. The molecule has 0 aliphatic heterocycles. The van der Waals surface area contributed by atoms with E-state index < -0.39 is 11.7 Å². The number of carbonyl (C=O) groups excluding carboxylic acids is 2. The topological polar surface area (TPSA) is 58.2 Å². The zero-order valence-corrected chi connectivity index (χ0v) is 13.2. The molecule has 0 atom stereocenters. The van der Waals surface area contributed by atoms with Gasteiger partial charge < -0.3 is 10.6 Å². The van der Waals surface area contributed by atoms with Gasteiger partial charge in [0.2, 0.25) is 5.91 Å². The van der Waals surface area contributed by atoms with Crippen LogP contribution >= 0.6 is 0 Å². The number of anilines is 1. The third-order valence-electron chi connectivity index (χ3n) is 3.60. The molecule has 0 radical (unpaired) electrons. The number of benzene rings is 2. The van der Waals surface area contributed by atoms with E-state index in [0.717, 1.165) is 5.56 Å². The Hall–Kier alpha value is -2.69. The van der Waals surface area contributed by atoms with Crippen molar-refractivity contribution in [2.75, 3.05) is 12.4 Å². The second kappa shape index (κ2) is 7.54. The number of halogens is 1. The molecule has 2 rings (SSSR count). The van der Waals surface area contributed by atoms with Gasteiger partial charge in [0.1, 0.15) is 5.82 Å². The lowest BCUT2D eigenvalue weighted by atomic mass is 10.1. The van der Waals surface area contributed by atoms with E-state index in [2.05, 4.69) is 10.6 Å². The summed E-state index contributed by atoms with van der Waals surface area (Å²) in [6.45, 7) is 1.61. The Labute approximate surface area is 134 Å². The molecule has 2 aromatic carbocycles. The average molecular weight is 314 g/mol. The van der Waals surface area contributed by atoms with Gasteiger partial charge in [0.25, 0.3) is 5.91 Å². The van der Waals surface area contributed by atoms with Gasteiger partial charge in [0.15, 0.2) is 0 Å². The first-order valence-electron chi connectivity index (χ1n) is 7.38. The summed E-state index contributed by atoms with van der Waals surface area (Å²) in [5, 5.41) is 5.29. The molecule has 0 saturated heterocycles. The van der Waals surface area contributed by atoms with E-state index in [9.17, 15) is 14.0 Å². The van der Waals surface area contributed by atoms with Crippen LogP contribution in [0.4, 0.5) is 10.1 Å². The highest BCUT2D eigenvalue weighted by Crippen LogP contribution is 2.19. The Morgan fingerprint density at radius 2 is 1.83 bits per heavy atom. The van der Waals surface area contributed by atoms with E-state index in [1.54, 1.807) is 38.2 Å². The van der Waals surface area contributed by atoms with Crippen molar-refractivity contribution < 1.29 is 14.0 Å². The van der Waals surface area contributed by atoms with E-state index in [4.69, 9.17) is 0 Å². The van der Waals surface area contributed by atoms with Gasteiger partial charge in [0, 0.05) is 19.2 Å². The van der Waals surface area contributed by atoms with Gasteiger partial charge in [-0.1, -0.05) is 30.3 Å². The van der Waals surface area contributed by atoms with E-state index in [1.165, 1.54) is 6.07 Å². The molecule has 0 aromatic heterocycles. The van der Waals surface area contributed by atoms with E-state index in [1.807, 2.05) is 12.1 Å². The molecule has 2 N–H and O–H groups in total. The fourth-order valence-corrected chi connectivity index (χ4v) is 2.25. The van der Waals surface area contributed by atoms with E-state index in [-0.39, 0.29) is 11.5 Å². The van der Waals surface area contributed by atoms with Gasteiger partial charge in [-0.2, -0.15) is 0 Å². The van der Waals surface area contributed by atoms with Gasteiger partial charge in [0.05, 0.1) is 5.56 Å². The number of carbonyl (C=O) groups is 2. The van der Waals surface area contributed by atoms with Gasteiger partial charge in [-0.15, -0.1) is 0 Å². The maximum Gasteiger partial charge on any atom is 0.258 e. The van der Waals surface area contributed by atoms with Crippen LogP contribution in [-0.2, 0) is 11.2 Å². The van der Waals surface area contributed by atoms with Gasteiger partial charge in [-0.25, -0.2) is 4.39 Å². The molecule has 0 fully saturated rings. The normalized spacial score (nSPS) is 10.2. The van der Waals surface area contributed by atoms with Crippen molar-refractivity contribution in [3.8, 4) is 0 Å². The summed E-state index contributed by atoms with van der Waals surface area (Å²) in [6, 6.07) is 11.9. The highest BCUT2D eigenvalue weighted by molar-refractivity contribution is 6.05. The van der Waals surface area contributed by atoms with Crippen LogP contribution in [0.2, 0.25) is 0 Å². The minimum atomic E-state index is -0.521. The van der Waals surface area contributed by atoms with Gasteiger partial charge in [-0.3, -0.25) is 9.59 Å². The lowest BCUT2D eigenvalue weighted by molar-refractivity contribution is -0.120. The van der Waals surface area contributed by atoms with Crippen molar-refractivity contribution in [1.29, 1.82) is 0 Å². The number of hydrogen-bond donors (Lipinski definition) is 2. The molecule has 0 aliphatic carbocycles. The van der Waals surface area contributed by atoms with Crippen molar-refractivity contribution in [2.45, 2.75) is 19.8 Å². The first-order chi connectivity index (χ1) is 11.0. The molecule has 0 aliphatic rings. The summed E-state index contributed by atoms with van der Waals surface area (Å²) in [6.07, 6.45) is 0.814. The fourth-order valence-electron chi connectivity index (χ4n) is 2.25. The van der Waals surface area contributed by atoms with Crippen molar-refractivity contribution in [1.82, 2.24) is 5.32 Å². The Morgan fingerprint density at radius 3 is 2.57 bits per heavy atom. The zero-order chi connectivity index (χ0) is 16.8. The Bertz CT molecular complexity index is 729. The van der Waals surface area contributed by atoms with Crippen molar-refractivity contribution in [2.24, 2.45) is 0 Å². The summed E-state index contributed by atoms with van der Waals surface area (Å²) in [4.78, 5) is 23.7. The van der Waals surface area contributed by atoms with Crippen LogP contribution in [0, 0.1) is 12.7 Å². The van der Waals surface area contributed by atoms with Crippen LogP contribution in [0.1, 0.15) is 27.9 Å². The molecule has 5 heteroatoms. The predicted molar refractivity (Wildman–Crippen MR) is 87.9 cm³/mol. The summed E-state index contributed by atoms with van der Waals surface area (Å²) < 4.78 is 14.0. The molecule has 2 amide bonds. The Morgan fingerprint density at radius 1 is 1.09 bits per heavy atom. The van der Waals surface area contributed by atoms with E-state index >= 15 is 0 Å². The SMILES string of the molecule is CNC(=O)CCc1ccccc1NC(=O)c1cccc(C)c1F. The molecule has 4 nitrogen and oxygen atoms in total. The molecular weight excluding hydrogens is 295 g/mol. The first-order valence-corrected chi connectivity index (χ1v) is 7.38. The number of aryl methyl sites for hydroxylation is 2. The number of para-hydroxylation sites is 1. The quantitative estimate of drug-likeness (QED) is 0.891. The number of nitrogens with one attached hydrogen (secondary N) is 2. The first kappa shape index (κ1) is 16.7. The maximum atomic E-state index is 14.0. The third-order valence-corrected chi connectivity index (χ3v) is 3.60. The molecule has 120 valence electrons. The standard InChI is InChI=1S/C18H19FN2O2/c1-12-6-5-8-14(17(12)19)18(23)21-15-9-4-3-7-13(15)10-11-16(22)20-2/h3-9H,10-11H2,1-2H3,(H,20,22)(H,21,23). The molecule has 2 aromatic rings. The van der Waals surface area contributed by atoms with Crippen molar-refractivity contribution in [3.63, 3.8) is 0 Å². The summed E-state index contributed by atoms with van der Waals surface area (Å²) in [5.74, 6) is -1.10. The molecule has 0 spiro atoms. The van der Waals surface area contributed by atoms with Gasteiger partial charge in [-0.05, 0) is 36.6 Å². The van der Waals surface area contributed by atoms with Crippen LogP contribution in [0.5, 0.6) is 0 Å². The smallest absolute Gasteiger partial charge is 0.258 e. The Balaban J connectivity index is 2.18. The number of hydrogen-bond acceptors (Lipinski definition) is 2. The summed E-state index contributed by atoms with van der Waals surface area (Å²) >= 11 is 0. The number of amides is 2. The summed E-state index contributed by atoms with van der Waals surface area (Å²) in [7, 11) is 1.58. The van der Waals surface area contributed by atoms with E-state index in [0.29, 0.717) is 24.1 Å². The molecule has 0 heterocycles. The fraction of sp³-hybridized carbons (Fsp3) is 0.222. The molecule has 0 unspecified atom stereocenters. The maximum absolute atomic E-state index is 14.0. The monoisotopic (exact) mass is 314 g/mol. The lowest BCUT2D eigenvalue weighted by Gasteiger charge is -2.12. The van der Waals surface area contributed by atoms with Crippen molar-refractivity contribution >= 4 is 17.5 Å². The second-order valence-electron chi connectivity index (χ2n) is 5.22. The second-order valence-corrected chi connectivity index (χ2v) is 5.22. The minimum absolute atomic E-state index is 0.00565. The van der Waals surface area contributed by atoms with Gasteiger partial charge >= 0.3 is 0 Å². The highest BCUT2D eigenvalue weighted by Gasteiger charge is 2.14. The highest BCUT2D eigenvalue weighted by atomic mass is 19.1. The molecular formula is C18H19FN2O2. The molecule has 0 saturated carbocycles. The van der Waals surface area contributed by atoms with Crippen LogP contribution in [0.15, 0.2) is 42.5 Å². The number of rotatable bonds is 5.